The van der Waals surface area contributed by atoms with Gasteiger partial charge in [0.25, 0.3) is 0 Å². The van der Waals surface area contributed by atoms with Crippen molar-refractivity contribution in [2.75, 3.05) is 25.1 Å². The summed E-state index contributed by atoms with van der Waals surface area (Å²) >= 11 is 0. The summed E-state index contributed by atoms with van der Waals surface area (Å²) in [6.07, 6.45) is 2.65. The Morgan fingerprint density at radius 2 is 1.92 bits per heavy atom. The highest BCUT2D eigenvalue weighted by Gasteiger charge is 2.45. The number of nitrogens with zero attached hydrogens (tertiary/aromatic N) is 5. The maximum atomic E-state index is 5.16. The molecule has 0 aromatic carbocycles. The smallest absolute Gasteiger partial charge is 0.156 e. The molecule has 3 heterocycles. The highest BCUT2D eigenvalue weighted by Crippen LogP contribution is 2.47. The van der Waals surface area contributed by atoms with Crippen molar-refractivity contribution in [3.63, 3.8) is 0 Å². The van der Waals surface area contributed by atoms with Crippen molar-refractivity contribution >= 4 is 5.82 Å². The standard InChI is InChI=1S/C18H26N6O/c1-10-11(2)19-12(3)20-18(10)24-7-14(13-5-6-13)15(8-24)17-21-16(9-25-4)22-23-17/h13-15H,5-9H2,1-4H3,(H,21,22,23)/t14-,15+/m1/s1. The number of hydrogen-bond donors (Lipinski definition) is 1. The molecule has 0 bridgehead atoms. The van der Waals surface area contributed by atoms with Crippen LogP contribution < -0.4 is 4.90 Å². The van der Waals surface area contributed by atoms with Gasteiger partial charge in [0.1, 0.15) is 18.2 Å². The number of aryl methyl sites for hydroxylation is 2. The van der Waals surface area contributed by atoms with Crippen molar-refractivity contribution < 1.29 is 4.74 Å². The Hall–Kier alpha value is -2.02. The zero-order chi connectivity index (χ0) is 17.6. The molecule has 2 fully saturated rings. The van der Waals surface area contributed by atoms with Crippen LogP contribution in [-0.2, 0) is 11.3 Å². The summed E-state index contributed by atoms with van der Waals surface area (Å²) in [7, 11) is 1.68. The first kappa shape index (κ1) is 16.4. The molecule has 1 aliphatic heterocycles. The largest absolute Gasteiger partial charge is 0.377 e. The molecule has 7 heteroatoms. The monoisotopic (exact) mass is 342 g/mol. The lowest BCUT2D eigenvalue weighted by Gasteiger charge is -2.20. The Morgan fingerprint density at radius 3 is 2.64 bits per heavy atom. The van der Waals surface area contributed by atoms with E-state index in [0.29, 0.717) is 18.4 Å². The molecule has 1 saturated carbocycles. The van der Waals surface area contributed by atoms with Crippen LogP contribution in [0.25, 0.3) is 0 Å². The van der Waals surface area contributed by atoms with Gasteiger partial charge in [-0.15, -0.1) is 0 Å². The Bertz CT molecular complexity index is 769. The molecule has 0 spiro atoms. The van der Waals surface area contributed by atoms with Crippen LogP contribution in [0.3, 0.4) is 0 Å². The fourth-order valence-electron chi connectivity index (χ4n) is 4.01. The van der Waals surface area contributed by atoms with E-state index in [-0.39, 0.29) is 0 Å². The van der Waals surface area contributed by atoms with E-state index < -0.39 is 0 Å². The normalized spacial score (nSPS) is 23.4. The number of rotatable bonds is 5. The van der Waals surface area contributed by atoms with E-state index in [1.54, 1.807) is 7.11 Å². The number of aromatic amines is 1. The lowest BCUT2D eigenvalue weighted by Crippen LogP contribution is -2.23. The third-order valence-electron chi connectivity index (χ3n) is 5.53. The van der Waals surface area contributed by atoms with E-state index in [2.05, 4.69) is 38.9 Å². The molecule has 2 aromatic heterocycles. The summed E-state index contributed by atoms with van der Waals surface area (Å²) in [5, 5.41) is 7.50. The molecule has 25 heavy (non-hydrogen) atoms. The van der Waals surface area contributed by atoms with Gasteiger partial charge >= 0.3 is 0 Å². The van der Waals surface area contributed by atoms with Gasteiger partial charge in [-0.1, -0.05) is 0 Å². The molecular formula is C18H26N6O. The number of ether oxygens (including phenoxy) is 1. The van der Waals surface area contributed by atoms with Crippen molar-refractivity contribution in [3.8, 4) is 0 Å². The predicted molar refractivity (Wildman–Crippen MR) is 94.5 cm³/mol. The topological polar surface area (TPSA) is 79.8 Å². The summed E-state index contributed by atoms with van der Waals surface area (Å²) in [4.78, 5) is 16.3. The lowest BCUT2D eigenvalue weighted by molar-refractivity contribution is 0.178. The van der Waals surface area contributed by atoms with Crippen LogP contribution in [0.2, 0.25) is 0 Å². The molecule has 0 unspecified atom stereocenters. The molecule has 1 aliphatic carbocycles. The first-order chi connectivity index (χ1) is 12.1. The van der Waals surface area contributed by atoms with Gasteiger partial charge in [0.2, 0.25) is 0 Å². The lowest BCUT2D eigenvalue weighted by atomic mass is 9.91. The molecule has 4 rings (SSSR count). The summed E-state index contributed by atoms with van der Waals surface area (Å²) in [6, 6.07) is 0. The summed E-state index contributed by atoms with van der Waals surface area (Å²) in [6.45, 7) is 8.57. The van der Waals surface area contributed by atoms with Crippen LogP contribution in [0.5, 0.6) is 0 Å². The van der Waals surface area contributed by atoms with E-state index in [1.807, 2.05) is 6.92 Å². The predicted octanol–water partition coefficient (Wildman–Crippen LogP) is 2.30. The van der Waals surface area contributed by atoms with Crippen LogP contribution >= 0.6 is 0 Å². The van der Waals surface area contributed by atoms with Gasteiger partial charge in [0, 0.05) is 37.4 Å². The Kier molecular flexibility index (Phi) is 4.19. The zero-order valence-electron chi connectivity index (χ0n) is 15.4. The van der Waals surface area contributed by atoms with Crippen LogP contribution in [0.1, 0.15) is 47.5 Å². The number of aromatic nitrogens is 5. The number of anilines is 1. The summed E-state index contributed by atoms with van der Waals surface area (Å²) in [5.74, 6) is 5.38. The van der Waals surface area contributed by atoms with Gasteiger partial charge in [0.15, 0.2) is 11.6 Å². The maximum absolute atomic E-state index is 5.16. The van der Waals surface area contributed by atoms with Crippen molar-refractivity contribution in [1.29, 1.82) is 0 Å². The first-order valence-corrected chi connectivity index (χ1v) is 9.03. The molecule has 134 valence electrons. The second-order valence-corrected chi connectivity index (χ2v) is 7.39. The minimum absolute atomic E-state index is 0.351. The van der Waals surface area contributed by atoms with Crippen LogP contribution in [0.4, 0.5) is 5.82 Å². The number of hydrogen-bond acceptors (Lipinski definition) is 6. The van der Waals surface area contributed by atoms with Crippen LogP contribution in [-0.4, -0.2) is 45.3 Å². The molecule has 2 aliphatic rings. The van der Waals surface area contributed by atoms with E-state index in [9.17, 15) is 0 Å². The SMILES string of the molecule is COCc1nc([C@H]2CN(c3nc(C)nc(C)c3C)C[C@@H]2C2CC2)n[nH]1. The Balaban J connectivity index is 1.62. The number of H-pyrrole nitrogens is 1. The average Bonchev–Trinajstić information content (AvgIpc) is 3.15. The van der Waals surface area contributed by atoms with E-state index >= 15 is 0 Å². The third-order valence-corrected chi connectivity index (χ3v) is 5.53. The van der Waals surface area contributed by atoms with Crippen LogP contribution in [0.15, 0.2) is 0 Å². The number of nitrogens with one attached hydrogen (secondary N) is 1. The quantitative estimate of drug-likeness (QED) is 0.898. The van der Waals surface area contributed by atoms with E-state index in [1.165, 1.54) is 18.4 Å². The van der Waals surface area contributed by atoms with E-state index in [0.717, 1.165) is 48.0 Å². The highest BCUT2D eigenvalue weighted by atomic mass is 16.5. The van der Waals surface area contributed by atoms with E-state index in [4.69, 9.17) is 9.72 Å². The molecule has 0 amide bonds. The van der Waals surface area contributed by atoms with Crippen molar-refractivity contribution in [1.82, 2.24) is 25.1 Å². The summed E-state index contributed by atoms with van der Waals surface area (Å²) < 4.78 is 5.16. The fraction of sp³-hybridized carbons (Fsp3) is 0.667. The molecule has 7 nitrogen and oxygen atoms in total. The second kappa shape index (κ2) is 6.37. The molecule has 0 radical (unpaired) electrons. The van der Waals surface area contributed by atoms with Crippen molar-refractivity contribution in [2.24, 2.45) is 11.8 Å². The average molecular weight is 342 g/mol. The first-order valence-electron chi connectivity index (χ1n) is 9.03. The summed E-state index contributed by atoms with van der Waals surface area (Å²) in [5.41, 5.74) is 2.24. The van der Waals surface area contributed by atoms with Gasteiger partial charge in [-0.05, 0) is 45.4 Å². The highest BCUT2D eigenvalue weighted by molar-refractivity contribution is 5.50. The minimum Gasteiger partial charge on any atom is -0.377 e. The molecule has 1 saturated heterocycles. The van der Waals surface area contributed by atoms with Gasteiger partial charge < -0.3 is 9.64 Å². The van der Waals surface area contributed by atoms with Gasteiger partial charge in [-0.25, -0.2) is 15.0 Å². The number of methoxy groups -OCH3 is 1. The van der Waals surface area contributed by atoms with Gasteiger partial charge in [-0.3, -0.25) is 5.10 Å². The fourth-order valence-corrected chi connectivity index (χ4v) is 4.01. The van der Waals surface area contributed by atoms with Crippen molar-refractivity contribution in [3.05, 3.63) is 28.7 Å². The maximum Gasteiger partial charge on any atom is 0.156 e. The van der Waals surface area contributed by atoms with Gasteiger partial charge in [0.05, 0.1) is 0 Å². The molecule has 2 atom stereocenters. The Labute approximate surface area is 148 Å². The molecule has 1 N–H and O–H groups in total. The second-order valence-electron chi connectivity index (χ2n) is 7.39. The third kappa shape index (κ3) is 3.13. The van der Waals surface area contributed by atoms with Crippen LogP contribution in [0, 0.1) is 32.6 Å². The van der Waals surface area contributed by atoms with Gasteiger partial charge in [-0.2, -0.15) is 5.10 Å². The zero-order valence-corrected chi connectivity index (χ0v) is 15.4. The Morgan fingerprint density at radius 1 is 1.12 bits per heavy atom. The van der Waals surface area contributed by atoms with Crippen molar-refractivity contribution in [2.45, 2.75) is 46.1 Å². The molecular weight excluding hydrogens is 316 g/mol. The minimum atomic E-state index is 0.351. The molecule has 2 aromatic rings.